The molecule has 0 radical (unpaired) electrons. The molecule has 0 saturated carbocycles. The molecule has 0 aliphatic carbocycles. The number of rotatable bonds is 10. The number of aromatic hydroxyl groups is 1. The fourth-order valence-electron chi connectivity index (χ4n) is 4.66. The Morgan fingerprint density at radius 1 is 1.17 bits per heavy atom. The van der Waals surface area contributed by atoms with Crippen molar-refractivity contribution in [3.8, 4) is 23.1 Å². The van der Waals surface area contributed by atoms with E-state index in [1.165, 1.54) is 42.1 Å². The van der Waals surface area contributed by atoms with Crippen molar-refractivity contribution < 1.29 is 22.7 Å². The fourth-order valence-corrected chi connectivity index (χ4v) is 6.01. The molecule has 2 aromatic heterocycles. The Bertz CT molecular complexity index is 1780. The molecule has 9 nitrogen and oxygen atoms in total. The molecule has 11 heteroatoms. The van der Waals surface area contributed by atoms with Gasteiger partial charge in [-0.05, 0) is 60.4 Å². The van der Waals surface area contributed by atoms with E-state index in [-0.39, 0.29) is 17.3 Å². The maximum Gasteiger partial charge on any atom is 0.277 e. The summed E-state index contributed by atoms with van der Waals surface area (Å²) >= 11 is 0. The number of aryl methyl sites for hydroxylation is 1. The molecule has 0 aliphatic heterocycles. The zero-order valence-corrected chi connectivity index (χ0v) is 23.7. The Kier molecular flexibility index (Phi) is 8.95. The van der Waals surface area contributed by atoms with Gasteiger partial charge >= 0.3 is 0 Å². The fraction of sp³-hybridized carbons (Fsp3) is 0.267. The van der Waals surface area contributed by atoms with Gasteiger partial charge in [-0.1, -0.05) is 37.6 Å². The lowest BCUT2D eigenvalue weighted by atomic mass is 10.0. The van der Waals surface area contributed by atoms with Gasteiger partial charge in [-0.3, -0.25) is 9.36 Å². The Morgan fingerprint density at radius 3 is 2.56 bits per heavy atom. The molecule has 0 aliphatic rings. The highest BCUT2D eigenvalue weighted by Gasteiger charge is 2.32. The molecular weight excluding hydrogens is 547 g/mol. The molecule has 4 rings (SSSR count). The van der Waals surface area contributed by atoms with E-state index < -0.39 is 38.2 Å². The maximum atomic E-state index is 14.0. The molecule has 1 N–H and O–H groups in total. The number of nitriles is 1. The van der Waals surface area contributed by atoms with Crippen LogP contribution in [-0.2, 0) is 21.0 Å². The van der Waals surface area contributed by atoms with E-state index in [0.717, 1.165) is 6.42 Å². The highest BCUT2D eigenvalue weighted by atomic mass is 32.2. The lowest BCUT2D eigenvalue weighted by Gasteiger charge is -2.24. The van der Waals surface area contributed by atoms with Crippen molar-refractivity contribution in [2.75, 3.05) is 13.7 Å². The van der Waals surface area contributed by atoms with E-state index in [1.54, 1.807) is 37.3 Å². The third kappa shape index (κ3) is 5.89. The van der Waals surface area contributed by atoms with E-state index in [4.69, 9.17) is 4.74 Å². The molecule has 0 saturated heterocycles. The average molecular weight is 577 g/mol. The standard InChI is InChI=1S/C30H29FN4O5S/c1-4-5-9-26-34-29(36)27(30(37)35(26)25(18-40-3)22-8-6-7-20(16-22)17-32)41(38,39)23-12-10-21(11-13-23)24-14-15-33-28(31)19(24)2/h6-8,10-16,25,36H,4-5,9,18H2,1-3H3/t25-/m0/s1. The van der Waals surface area contributed by atoms with Crippen molar-refractivity contribution in [2.24, 2.45) is 0 Å². The predicted octanol–water partition coefficient (Wildman–Crippen LogP) is 4.74. The molecule has 41 heavy (non-hydrogen) atoms. The van der Waals surface area contributed by atoms with Crippen LogP contribution in [0.3, 0.4) is 0 Å². The average Bonchev–Trinajstić information content (AvgIpc) is 2.96. The second-order valence-corrected chi connectivity index (χ2v) is 11.4. The third-order valence-electron chi connectivity index (χ3n) is 6.81. The minimum Gasteiger partial charge on any atom is -0.492 e. The summed E-state index contributed by atoms with van der Waals surface area (Å²) < 4.78 is 48.2. The lowest BCUT2D eigenvalue weighted by molar-refractivity contribution is 0.165. The monoisotopic (exact) mass is 576 g/mol. The molecule has 212 valence electrons. The minimum atomic E-state index is -4.55. The highest BCUT2D eigenvalue weighted by Crippen LogP contribution is 2.30. The molecule has 0 unspecified atom stereocenters. The summed E-state index contributed by atoms with van der Waals surface area (Å²) in [6.07, 6.45) is 3.01. The van der Waals surface area contributed by atoms with Gasteiger partial charge in [-0.25, -0.2) is 13.4 Å². The van der Waals surface area contributed by atoms with Crippen LogP contribution in [0.15, 0.2) is 75.4 Å². The molecular formula is C30H29FN4O5S. The summed E-state index contributed by atoms with van der Waals surface area (Å²) in [5.74, 6) is -1.33. The summed E-state index contributed by atoms with van der Waals surface area (Å²) in [5, 5.41) is 20.2. The number of ether oxygens (including phenoxy) is 1. The summed E-state index contributed by atoms with van der Waals surface area (Å²) in [6, 6.07) is 15.0. The third-order valence-corrected chi connectivity index (χ3v) is 8.59. The first-order valence-electron chi connectivity index (χ1n) is 12.9. The molecule has 0 bridgehead atoms. The normalized spacial score (nSPS) is 12.2. The Balaban J connectivity index is 1.89. The first-order valence-corrected chi connectivity index (χ1v) is 14.4. The number of pyridine rings is 1. The first-order chi connectivity index (χ1) is 19.6. The second-order valence-electron chi connectivity index (χ2n) is 9.47. The van der Waals surface area contributed by atoms with Crippen LogP contribution in [0.4, 0.5) is 4.39 Å². The summed E-state index contributed by atoms with van der Waals surface area (Å²) in [5.41, 5.74) is 1.34. The smallest absolute Gasteiger partial charge is 0.277 e. The van der Waals surface area contributed by atoms with Gasteiger partial charge in [0.2, 0.25) is 21.7 Å². The number of aromatic nitrogens is 3. The van der Waals surface area contributed by atoms with Gasteiger partial charge in [0.1, 0.15) is 5.82 Å². The van der Waals surface area contributed by atoms with Crippen LogP contribution in [0.25, 0.3) is 11.1 Å². The van der Waals surface area contributed by atoms with Crippen molar-refractivity contribution in [1.29, 1.82) is 5.26 Å². The number of unbranched alkanes of at least 4 members (excludes halogenated alkanes) is 1. The molecule has 4 aromatic rings. The van der Waals surface area contributed by atoms with Crippen LogP contribution in [-0.4, -0.2) is 41.8 Å². The molecule has 2 aromatic carbocycles. The van der Waals surface area contributed by atoms with Gasteiger partial charge in [0.05, 0.1) is 29.2 Å². The van der Waals surface area contributed by atoms with E-state index in [2.05, 4.69) is 16.0 Å². The predicted molar refractivity (Wildman–Crippen MR) is 150 cm³/mol. The van der Waals surface area contributed by atoms with E-state index in [1.807, 2.05) is 6.92 Å². The van der Waals surface area contributed by atoms with Crippen molar-refractivity contribution >= 4 is 9.84 Å². The van der Waals surface area contributed by atoms with Gasteiger partial charge in [0.25, 0.3) is 5.56 Å². The van der Waals surface area contributed by atoms with E-state index in [0.29, 0.717) is 40.7 Å². The summed E-state index contributed by atoms with van der Waals surface area (Å²) in [4.78, 5) is 20.7. The van der Waals surface area contributed by atoms with Crippen molar-refractivity contribution in [3.05, 3.63) is 99.6 Å². The van der Waals surface area contributed by atoms with Crippen molar-refractivity contribution in [2.45, 2.75) is 48.9 Å². The minimum absolute atomic E-state index is 0.0175. The SMILES string of the molecule is CCCCc1nc(O)c(S(=O)(=O)c2ccc(-c3ccnc(F)c3C)cc2)c(=O)n1[C@@H](COC)c1cccc(C#N)c1. The molecule has 1 atom stereocenters. The van der Waals surface area contributed by atoms with Crippen LogP contribution in [0.2, 0.25) is 0 Å². The van der Waals surface area contributed by atoms with Crippen LogP contribution in [0.5, 0.6) is 5.88 Å². The van der Waals surface area contributed by atoms with Gasteiger partial charge in [0.15, 0.2) is 4.90 Å². The van der Waals surface area contributed by atoms with Crippen LogP contribution < -0.4 is 5.56 Å². The van der Waals surface area contributed by atoms with Crippen molar-refractivity contribution in [3.63, 3.8) is 0 Å². The topological polar surface area (TPSA) is 135 Å². The van der Waals surface area contributed by atoms with Crippen LogP contribution in [0.1, 0.15) is 48.3 Å². The van der Waals surface area contributed by atoms with Crippen LogP contribution in [0, 0.1) is 24.2 Å². The quantitative estimate of drug-likeness (QED) is 0.268. The van der Waals surface area contributed by atoms with Gasteiger partial charge < -0.3 is 9.84 Å². The summed E-state index contributed by atoms with van der Waals surface area (Å²) in [7, 11) is -3.10. The Labute approximate surface area is 237 Å². The van der Waals surface area contributed by atoms with Crippen molar-refractivity contribution in [1.82, 2.24) is 14.5 Å². The molecule has 0 spiro atoms. The van der Waals surface area contributed by atoms with Gasteiger partial charge in [-0.15, -0.1) is 0 Å². The van der Waals surface area contributed by atoms with E-state index >= 15 is 0 Å². The molecule has 0 fully saturated rings. The number of sulfone groups is 1. The molecule has 2 heterocycles. The largest absolute Gasteiger partial charge is 0.492 e. The number of benzene rings is 2. The Morgan fingerprint density at radius 2 is 1.90 bits per heavy atom. The number of hydrogen-bond acceptors (Lipinski definition) is 8. The maximum absolute atomic E-state index is 14.0. The van der Waals surface area contributed by atoms with Gasteiger partial charge in [-0.2, -0.15) is 14.6 Å². The first kappa shape index (κ1) is 29.6. The molecule has 0 amide bonds. The summed E-state index contributed by atoms with van der Waals surface area (Å²) in [6.45, 7) is 3.50. The number of nitrogens with zero attached hydrogens (tertiary/aromatic N) is 4. The number of methoxy groups -OCH3 is 1. The second kappa shape index (κ2) is 12.4. The Hall–Kier alpha value is -4.40. The lowest BCUT2D eigenvalue weighted by Crippen LogP contribution is -2.35. The van der Waals surface area contributed by atoms with Gasteiger partial charge in [0, 0.05) is 25.3 Å². The number of halogens is 1. The zero-order chi connectivity index (χ0) is 29.7. The van der Waals surface area contributed by atoms with E-state index in [9.17, 15) is 28.0 Å². The number of hydrogen-bond donors (Lipinski definition) is 1. The van der Waals surface area contributed by atoms with Crippen LogP contribution >= 0.6 is 0 Å². The zero-order valence-electron chi connectivity index (χ0n) is 22.8. The highest BCUT2D eigenvalue weighted by molar-refractivity contribution is 7.91.